The molecule has 5 aromatic rings. The maximum absolute atomic E-state index is 6.14. The number of nitrogens with zero attached hydrogens (tertiary/aromatic N) is 3. The van der Waals surface area contributed by atoms with Gasteiger partial charge in [-0.2, -0.15) is 0 Å². The van der Waals surface area contributed by atoms with Crippen LogP contribution in [0.2, 0.25) is 0 Å². The second-order valence-corrected chi connectivity index (χ2v) is 11.8. The molecule has 0 radical (unpaired) electrons. The Morgan fingerprint density at radius 1 is 0.775 bits per heavy atom. The van der Waals surface area contributed by atoms with Crippen LogP contribution >= 0.6 is 22.7 Å². The highest BCUT2D eigenvalue weighted by atomic mass is 32.1. The van der Waals surface area contributed by atoms with E-state index in [1.54, 1.807) is 22.7 Å². The number of fused-ring (bicyclic) bond motifs is 2. The van der Waals surface area contributed by atoms with Gasteiger partial charge in [-0.25, -0.2) is 9.97 Å². The van der Waals surface area contributed by atoms with Gasteiger partial charge in [-0.3, -0.25) is 0 Å². The van der Waals surface area contributed by atoms with Crippen molar-refractivity contribution >= 4 is 60.4 Å². The molecule has 5 nitrogen and oxygen atoms in total. The van der Waals surface area contributed by atoms with Crippen LogP contribution in [-0.4, -0.2) is 36.3 Å². The highest BCUT2D eigenvalue weighted by molar-refractivity contribution is 7.22. The molecule has 0 N–H and O–H groups in total. The van der Waals surface area contributed by atoms with Crippen LogP contribution in [0.3, 0.4) is 0 Å². The minimum absolute atomic E-state index is 0.784. The number of hydrogen-bond acceptors (Lipinski definition) is 7. The highest BCUT2D eigenvalue weighted by Crippen LogP contribution is 2.39. The lowest BCUT2D eigenvalue weighted by Crippen LogP contribution is -2.36. The predicted octanol–water partition coefficient (Wildman–Crippen LogP) is 8.08. The molecule has 3 aromatic carbocycles. The number of benzene rings is 3. The number of rotatable bonds is 5. The van der Waals surface area contributed by atoms with Gasteiger partial charge in [0.1, 0.15) is 21.5 Å². The van der Waals surface area contributed by atoms with E-state index in [-0.39, 0.29) is 0 Å². The lowest BCUT2D eigenvalue weighted by Gasteiger charge is -2.28. The molecule has 7 rings (SSSR count). The van der Waals surface area contributed by atoms with Gasteiger partial charge in [0.25, 0.3) is 0 Å². The molecule has 2 aliphatic rings. The number of hydrogen-bond donors (Lipinski definition) is 0. The van der Waals surface area contributed by atoms with E-state index in [4.69, 9.17) is 19.4 Å². The standard InChI is InChI=1S/C33H27N3O2S2/c1-22-20-24(21-26(38-22)15-12-23-10-13-25(14-11-23)36-16-18-37-19-17-36)31(32-34-27-6-2-4-8-29(27)39-32)33-35-28-7-3-5-9-30(28)40-33/h2-15,20-21H,16-19H2,1H3. The molecule has 7 heteroatoms. The fraction of sp³-hybridized carbons (Fsp3) is 0.152. The number of allylic oxidation sites excluding steroid dienone is 5. The number of aromatic nitrogens is 2. The Labute approximate surface area is 241 Å². The normalized spacial score (nSPS) is 15.9. The second-order valence-electron chi connectivity index (χ2n) is 9.73. The Kier molecular flexibility index (Phi) is 6.77. The van der Waals surface area contributed by atoms with Crippen LogP contribution < -0.4 is 4.90 Å². The summed E-state index contributed by atoms with van der Waals surface area (Å²) in [5.74, 6) is 1.62. The Balaban J connectivity index is 1.27. The van der Waals surface area contributed by atoms with Crippen molar-refractivity contribution in [3.63, 3.8) is 0 Å². The van der Waals surface area contributed by atoms with Gasteiger partial charge in [0.05, 0.1) is 39.2 Å². The SMILES string of the molecule is CC1=CC(=C(c2nc3ccccc3s2)c2nc3ccccc3s2)C=C(C=Cc2ccc(N3CCOCC3)cc2)O1. The van der Waals surface area contributed by atoms with Crippen molar-refractivity contribution in [2.45, 2.75) is 6.92 Å². The smallest absolute Gasteiger partial charge is 0.128 e. The maximum Gasteiger partial charge on any atom is 0.128 e. The van der Waals surface area contributed by atoms with Crippen LogP contribution in [0.1, 0.15) is 22.5 Å². The summed E-state index contributed by atoms with van der Waals surface area (Å²) in [5, 5.41) is 1.92. The minimum atomic E-state index is 0.784. The zero-order chi connectivity index (χ0) is 26.9. The summed E-state index contributed by atoms with van der Waals surface area (Å²) in [6.07, 6.45) is 8.32. The molecule has 1 saturated heterocycles. The zero-order valence-corrected chi connectivity index (χ0v) is 23.7. The number of ether oxygens (including phenoxy) is 2. The third-order valence-corrected chi connectivity index (χ3v) is 9.06. The van der Waals surface area contributed by atoms with Gasteiger partial charge in [0.15, 0.2) is 0 Å². The molecule has 0 spiro atoms. The van der Waals surface area contributed by atoms with Gasteiger partial charge in [0, 0.05) is 18.8 Å². The van der Waals surface area contributed by atoms with Gasteiger partial charge < -0.3 is 14.4 Å². The third kappa shape index (κ3) is 5.11. The van der Waals surface area contributed by atoms with Crippen LogP contribution in [-0.2, 0) is 9.47 Å². The summed E-state index contributed by atoms with van der Waals surface area (Å²) in [5.41, 5.74) is 6.43. The van der Waals surface area contributed by atoms with Gasteiger partial charge >= 0.3 is 0 Å². The molecule has 0 saturated carbocycles. The van der Waals surface area contributed by atoms with E-state index in [1.165, 1.54) is 5.69 Å². The van der Waals surface area contributed by atoms with E-state index in [0.717, 1.165) is 85.0 Å². The first-order chi connectivity index (χ1) is 19.7. The predicted molar refractivity (Wildman–Crippen MR) is 167 cm³/mol. The van der Waals surface area contributed by atoms with Crippen LogP contribution in [0.4, 0.5) is 5.69 Å². The molecule has 40 heavy (non-hydrogen) atoms. The summed E-state index contributed by atoms with van der Waals surface area (Å²) in [4.78, 5) is 12.4. The van der Waals surface area contributed by atoms with E-state index in [1.807, 2.05) is 25.1 Å². The molecule has 4 heterocycles. The average molecular weight is 562 g/mol. The Morgan fingerprint density at radius 2 is 1.40 bits per heavy atom. The molecular weight excluding hydrogens is 535 g/mol. The average Bonchev–Trinajstić information content (AvgIpc) is 3.61. The van der Waals surface area contributed by atoms with Crippen LogP contribution in [0.15, 0.2) is 108 Å². The Hall–Kier alpha value is -4.04. The van der Waals surface area contributed by atoms with Gasteiger partial charge in [-0.15, -0.1) is 22.7 Å². The third-order valence-electron chi connectivity index (χ3n) is 6.95. The van der Waals surface area contributed by atoms with Gasteiger partial charge in [-0.05, 0) is 72.7 Å². The van der Waals surface area contributed by atoms with Crippen molar-refractivity contribution in [2.24, 2.45) is 0 Å². The van der Waals surface area contributed by atoms with Crippen molar-refractivity contribution in [1.29, 1.82) is 0 Å². The van der Waals surface area contributed by atoms with Crippen molar-refractivity contribution in [2.75, 3.05) is 31.2 Å². The Bertz CT molecular complexity index is 1680. The van der Waals surface area contributed by atoms with Gasteiger partial charge in [-0.1, -0.05) is 42.5 Å². The quantitative estimate of drug-likeness (QED) is 0.217. The first-order valence-electron chi connectivity index (χ1n) is 13.3. The van der Waals surface area contributed by atoms with Crippen LogP contribution in [0.25, 0.3) is 32.1 Å². The summed E-state index contributed by atoms with van der Waals surface area (Å²) in [6.45, 7) is 5.43. The molecular formula is C33H27N3O2S2. The maximum atomic E-state index is 6.14. The van der Waals surface area contributed by atoms with Crippen LogP contribution in [0.5, 0.6) is 0 Å². The minimum Gasteiger partial charge on any atom is -0.462 e. The molecule has 0 unspecified atom stereocenters. The number of morpholine rings is 1. The van der Waals surface area contributed by atoms with Crippen LogP contribution in [0, 0.1) is 0 Å². The van der Waals surface area contributed by atoms with Gasteiger partial charge in [0.2, 0.25) is 0 Å². The van der Waals surface area contributed by atoms with Crippen molar-refractivity contribution in [1.82, 2.24) is 9.97 Å². The zero-order valence-electron chi connectivity index (χ0n) is 22.0. The van der Waals surface area contributed by atoms with E-state index < -0.39 is 0 Å². The first-order valence-corrected chi connectivity index (χ1v) is 15.0. The summed E-state index contributed by atoms with van der Waals surface area (Å²) in [7, 11) is 0. The monoisotopic (exact) mass is 561 g/mol. The van der Waals surface area contributed by atoms with Crippen molar-refractivity contribution in [3.8, 4) is 0 Å². The topological polar surface area (TPSA) is 47.5 Å². The summed E-state index contributed by atoms with van der Waals surface area (Å²) in [6, 6.07) is 25.2. The summed E-state index contributed by atoms with van der Waals surface area (Å²) < 4.78 is 13.9. The molecule has 2 aromatic heterocycles. The van der Waals surface area contributed by atoms with E-state index in [9.17, 15) is 0 Å². The molecule has 0 bridgehead atoms. The van der Waals surface area contributed by atoms with E-state index >= 15 is 0 Å². The van der Waals surface area contributed by atoms with E-state index in [0.29, 0.717) is 0 Å². The highest BCUT2D eigenvalue weighted by Gasteiger charge is 2.21. The van der Waals surface area contributed by atoms with Crippen molar-refractivity contribution < 1.29 is 9.47 Å². The van der Waals surface area contributed by atoms with E-state index in [2.05, 4.69) is 83.8 Å². The molecule has 0 amide bonds. The fourth-order valence-corrected chi connectivity index (χ4v) is 7.11. The molecule has 0 atom stereocenters. The largest absolute Gasteiger partial charge is 0.462 e. The number of anilines is 1. The molecule has 2 aliphatic heterocycles. The second kappa shape index (κ2) is 10.8. The lowest BCUT2D eigenvalue weighted by atomic mass is 10.0. The first kappa shape index (κ1) is 25.0. The Morgan fingerprint density at radius 3 is 2.02 bits per heavy atom. The lowest BCUT2D eigenvalue weighted by molar-refractivity contribution is 0.122. The molecule has 198 valence electrons. The molecule has 0 aliphatic carbocycles. The van der Waals surface area contributed by atoms with Crippen molar-refractivity contribution in [3.05, 3.63) is 124 Å². The number of para-hydroxylation sites is 2. The summed E-state index contributed by atoms with van der Waals surface area (Å²) >= 11 is 3.40. The number of thiazole rings is 2. The fourth-order valence-electron chi connectivity index (χ4n) is 4.98. The molecule has 1 fully saturated rings.